The van der Waals surface area contributed by atoms with E-state index in [-0.39, 0.29) is 0 Å². The molecule has 0 aliphatic carbocycles. The van der Waals surface area contributed by atoms with Gasteiger partial charge in [0.15, 0.2) is 0 Å². The van der Waals surface area contributed by atoms with Gasteiger partial charge in [0, 0.05) is 11.4 Å². The van der Waals surface area contributed by atoms with Crippen LogP contribution in [0.1, 0.15) is 10.4 Å². The molecule has 0 fully saturated rings. The summed E-state index contributed by atoms with van der Waals surface area (Å²) in [5.74, 6) is 0. The zero-order chi connectivity index (χ0) is 12.3. The van der Waals surface area contributed by atoms with E-state index in [0.717, 1.165) is 14.9 Å². The van der Waals surface area contributed by atoms with Crippen molar-refractivity contribution in [3.63, 3.8) is 0 Å². The highest BCUT2D eigenvalue weighted by atomic mass is 35.5. The maximum Gasteiger partial charge on any atom is 0.0992 e. The topological polar surface area (TPSA) is 61.8 Å². The molecule has 0 unspecified atom stereocenters. The summed E-state index contributed by atoms with van der Waals surface area (Å²) in [6.45, 7) is 0.649. The van der Waals surface area contributed by atoms with Gasteiger partial charge in [-0.1, -0.05) is 11.6 Å². The van der Waals surface area contributed by atoms with Crippen molar-refractivity contribution in [2.24, 2.45) is 0 Å². The van der Waals surface area contributed by atoms with Gasteiger partial charge in [0.05, 0.1) is 27.3 Å². The monoisotopic (exact) mass is 263 g/mol. The van der Waals surface area contributed by atoms with E-state index in [9.17, 15) is 0 Å². The standard InChI is InChI=1S/C12H10ClN3S/c13-12-4-2-9(17-12)7-16-11-5-8(6-14)1-3-10(11)15/h1-5,16H,7,15H2. The Morgan fingerprint density at radius 1 is 1.35 bits per heavy atom. The molecule has 0 radical (unpaired) electrons. The van der Waals surface area contributed by atoms with Crippen LogP contribution in [0.2, 0.25) is 4.34 Å². The molecule has 0 saturated carbocycles. The molecule has 1 aromatic heterocycles. The molecule has 1 heterocycles. The number of nitrogen functional groups attached to an aromatic ring is 1. The third kappa shape index (κ3) is 2.90. The third-order valence-electron chi connectivity index (χ3n) is 2.26. The predicted molar refractivity (Wildman–Crippen MR) is 72.2 cm³/mol. The van der Waals surface area contributed by atoms with Gasteiger partial charge in [-0.05, 0) is 30.3 Å². The summed E-state index contributed by atoms with van der Waals surface area (Å²) >= 11 is 7.36. The van der Waals surface area contributed by atoms with Crippen molar-refractivity contribution in [3.8, 4) is 6.07 Å². The summed E-state index contributed by atoms with van der Waals surface area (Å²) in [6.07, 6.45) is 0. The highest BCUT2D eigenvalue weighted by Crippen LogP contribution is 2.24. The summed E-state index contributed by atoms with van der Waals surface area (Å²) in [7, 11) is 0. The molecule has 0 bridgehead atoms. The van der Waals surface area contributed by atoms with Crippen molar-refractivity contribution < 1.29 is 0 Å². The van der Waals surface area contributed by atoms with E-state index >= 15 is 0 Å². The summed E-state index contributed by atoms with van der Waals surface area (Å²) in [6, 6.07) is 11.1. The molecule has 17 heavy (non-hydrogen) atoms. The maximum atomic E-state index is 8.81. The number of nitrogens with zero attached hydrogens (tertiary/aromatic N) is 1. The molecule has 0 aliphatic heterocycles. The van der Waals surface area contributed by atoms with E-state index in [0.29, 0.717) is 17.8 Å². The minimum absolute atomic E-state index is 0.589. The number of nitriles is 1. The van der Waals surface area contributed by atoms with E-state index in [1.54, 1.807) is 18.2 Å². The summed E-state index contributed by atoms with van der Waals surface area (Å²) in [4.78, 5) is 1.12. The number of nitrogens with one attached hydrogen (secondary N) is 1. The average molecular weight is 264 g/mol. The van der Waals surface area contributed by atoms with E-state index in [2.05, 4.69) is 11.4 Å². The van der Waals surface area contributed by atoms with Crippen LogP contribution in [0.3, 0.4) is 0 Å². The first-order valence-electron chi connectivity index (χ1n) is 4.97. The third-order valence-corrected chi connectivity index (χ3v) is 3.50. The molecule has 0 saturated heterocycles. The number of hydrogen-bond donors (Lipinski definition) is 2. The van der Waals surface area contributed by atoms with Crippen LogP contribution in [0.15, 0.2) is 30.3 Å². The van der Waals surface area contributed by atoms with Gasteiger partial charge in [-0.3, -0.25) is 0 Å². The van der Waals surface area contributed by atoms with Gasteiger partial charge in [0.25, 0.3) is 0 Å². The first-order valence-corrected chi connectivity index (χ1v) is 6.16. The molecule has 2 rings (SSSR count). The Balaban J connectivity index is 2.11. The molecule has 0 spiro atoms. The normalized spacial score (nSPS) is 9.88. The summed E-state index contributed by atoms with van der Waals surface area (Å²) in [5, 5.41) is 12.0. The van der Waals surface area contributed by atoms with Crippen molar-refractivity contribution in [2.45, 2.75) is 6.54 Å². The molecule has 86 valence electrons. The lowest BCUT2D eigenvalue weighted by Crippen LogP contribution is -2.01. The molecular formula is C12H10ClN3S. The van der Waals surface area contributed by atoms with Gasteiger partial charge in [-0.2, -0.15) is 5.26 Å². The van der Waals surface area contributed by atoms with Gasteiger partial charge < -0.3 is 11.1 Å². The van der Waals surface area contributed by atoms with Crippen LogP contribution in [-0.4, -0.2) is 0 Å². The molecule has 2 aromatic rings. The fourth-order valence-electron chi connectivity index (χ4n) is 1.41. The average Bonchev–Trinajstić information content (AvgIpc) is 2.74. The highest BCUT2D eigenvalue weighted by Gasteiger charge is 2.02. The highest BCUT2D eigenvalue weighted by molar-refractivity contribution is 7.16. The van der Waals surface area contributed by atoms with Crippen molar-refractivity contribution in [3.05, 3.63) is 45.1 Å². The smallest absolute Gasteiger partial charge is 0.0992 e. The molecule has 0 aliphatic rings. The number of halogens is 1. The molecular weight excluding hydrogens is 254 g/mol. The van der Waals surface area contributed by atoms with E-state index in [1.165, 1.54) is 11.3 Å². The lowest BCUT2D eigenvalue weighted by atomic mass is 10.2. The molecule has 0 amide bonds. The zero-order valence-corrected chi connectivity index (χ0v) is 10.5. The Labute approximate surface area is 108 Å². The first kappa shape index (κ1) is 11.8. The van der Waals surface area contributed by atoms with Crippen LogP contribution in [-0.2, 0) is 6.54 Å². The Morgan fingerprint density at radius 2 is 2.18 bits per heavy atom. The first-order chi connectivity index (χ1) is 8.19. The van der Waals surface area contributed by atoms with Crippen molar-refractivity contribution in [1.82, 2.24) is 0 Å². The largest absolute Gasteiger partial charge is 0.397 e. The fraction of sp³-hybridized carbons (Fsp3) is 0.0833. The summed E-state index contributed by atoms with van der Waals surface area (Å²) < 4.78 is 0.764. The van der Waals surface area contributed by atoms with Gasteiger partial charge >= 0.3 is 0 Å². The number of anilines is 2. The molecule has 3 N–H and O–H groups in total. The lowest BCUT2D eigenvalue weighted by molar-refractivity contribution is 1.19. The lowest BCUT2D eigenvalue weighted by Gasteiger charge is -2.08. The van der Waals surface area contributed by atoms with Crippen molar-refractivity contribution >= 4 is 34.3 Å². The van der Waals surface area contributed by atoms with Gasteiger partial charge in [-0.25, -0.2) is 0 Å². The van der Waals surface area contributed by atoms with Crippen LogP contribution in [0.4, 0.5) is 11.4 Å². The van der Waals surface area contributed by atoms with E-state index in [1.807, 2.05) is 12.1 Å². The van der Waals surface area contributed by atoms with Gasteiger partial charge in [-0.15, -0.1) is 11.3 Å². The Hall–Kier alpha value is -1.70. The predicted octanol–water partition coefficient (Wildman–Crippen LogP) is 3.47. The Morgan fingerprint density at radius 3 is 2.82 bits per heavy atom. The fourth-order valence-corrected chi connectivity index (χ4v) is 2.44. The van der Waals surface area contributed by atoms with Gasteiger partial charge in [0.1, 0.15) is 0 Å². The SMILES string of the molecule is N#Cc1ccc(N)c(NCc2ccc(Cl)s2)c1. The van der Waals surface area contributed by atoms with Gasteiger partial charge in [0.2, 0.25) is 0 Å². The Bertz CT molecular complexity index is 571. The minimum atomic E-state index is 0.589. The van der Waals surface area contributed by atoms with E-state index < -0.39 is 0 Å². The number of benzene rings is 1. The second kappa shape index (κ2) is 5.09. The Kier molecular flexibility index (Phi) is 3.52. The molecule has 5 heteroatoms. The number of rotatable bonds is 3. The van der Waals surface area contributed by atoms with Crippen LogP contribution >= 0.6 is 22.9 Å². The van der Waals surface area contributed by atoms with Crippen molar-refractivity contribution in [1.29, 1.82) is 5.26 Å². The number of thiophene rings is 1. The van der Waals surface area contributed by atoms with Crippen LogP contribution < -0.4 is 11.1 Å². The zero-order valence-electron chi connectivity index (χ0n) is 8.90. The quantitative estimate of drug-likeness (QED) is 0.834. The number of nitrogens with two attached hydrogens (primary N) is 1. The van der Waals surface area contributed by atoms with Crippen LogP contribution in [0.25, 0.3) is 0 Å². The van der Waals surface area contributed by atoms with Crippen LogP contribution in [0, 0.1) is 11.3 Å². The summed E-state index contributed by atoms with van der Waals surface area (Å²) in [5.41, 5.74) is 7.81. The second-order valence-electron chi connectivity index (χ2n) is 3.47. The minimum Gasteiger partial charge on any atom is -0.397 e. The van der Waals surface area contributed by atoms with E-state index in [4.69, 9.17) is 22.6 Å². The maximum absolute atomic E-state index is 8.81. The van der Waals surface area contributed by atoms with Crippen LogP contribution in [0.5, 0.6) is 0 Å². The molecule has 3 nitrogen and oxygen atoms in total. The molecule has 0 atom stereocenters. The van der Waals surface area contributed by atoms with Crippen molar-refractivity contribution in [2.75, 3.05) is 11.1 Å². The molecule has 1 aromatic carbocycles. The second-order valence-corrected chi connectivity index (χ2v) is 5.27. The number of hydrogen-bond acceptors (Lipinski definition) is 4.